The molecule has 2 aromatic heterocycles. The number of nitrogens with zero attached hydrogens (tertiary/aromatic N) is 5. The third-order valence-electron chi connectivity index (χ3n) is 13.6. The van der Waals surface area contributed by atoms with E-state index in [9.17, 15) is 14.7 Å². The first-order valence-corrected chi connectivity index (χ1v) is 22.0. The number of benzene rings is 3. The number of phenolic OH excluding ortho intramolecular Hbond substituents is 1. The summed E-state index contributed by atoms with van der Waals surface area (Å²) in [5.41, 5.74) is 3.27. The summed E-state index contributed by atoms with van der Waals surface area (Å²) < 4.78 is 14.1. The molecule has 12 nitrogen and oxygen atoms in total. The van der Waals surface area contributed by atoms with E-state index in [0.29, 0.717) is 51.9 Å². The maximum Gasteiger partial charge on any atom is 0.242 e. The van der Waals surface area contributed by atoms with Crippen LogP contribution in [0.2, 0.25) is 5.02 Å². The van der Waals surface area contributed by atoms with Crippen molar-refractivity contribution in [2.75, 3.05) is 48.1 Å². The molecule has 5 aliphatic rings. The Morgan fingerprint density at radius 1 is 0.950 bits per heavy atom. The highest BCUT2D eigenvalue weighted by Crippen LogP contribution is 2.64. The normalized spacial score (nSPS) is 26.5. The fraction of sp³-hybridized carbons (Fsp3) is 0.356. The van der Waals surface area contributed by atoms with E-state index in [1.165, 1.54) is 16.9 Å². The molecule has 3 saturated heterocycles. The Morgan fingerprint density at radius 3 is 2.42 bits per heavy atom. The van der Waals surface area contributed by atoms with Crippen molar-refractivity contribution in [2.24, 2.45) is 36.1 Å². The van der Waals surface area contributed by atoms with Crippen LogP contribution in [0.4, 0.5) is 17.2 Å². The van der Waals surface area contributed by atoms with E-state index in [-0.39, 0.29) is 35.6 Å². The van der Waals surface area contributed by atoms with Crippen molar-refractivity contribution in [2.45, 2.75) is 32.6 Å². The van der Waals surface area contributed by atoms with Crippen LogP contribution < -0.4 is 19.4 Å². The van der Waals surface area contributed by atoms with Gasteiger partial charge >= 0.3 is 0 Å². The largest absolute Gasteiger partial charge is 0.503 e. The molecule has 15 heteroatoms. The summed E-state index contributed by atoms with van der Waals surface area (Å²) in [5.74, 6) is -4.38. The van der Waals surface area contributed by atoms with Gasteiger partial charge in [0.05, 0.1) is 58.5 Å². The third-order valence-corrected chi connectivity index (χ3v) is 15.7. The maximum atomic E-state index is 15.3. The van der Waals surface area contributed by atoms with Gasteiger partial charge in [-0.15, -0.1) is 11.3 Å². The predicted molar refractivity (Wildman–Crippen MR) is 233 cm³/mol. The lowest BCUT2D eigenvalue weighted by Gasteiger charge is -2.49. The first-order chi connectivity index (χ1) is 28.8. The number of carbonyl (C=O) groups is 4. The first kappa shape index (κ1) is 39.1. The molecule has 2 aliphatic carbocycles. The van der Waals surface area contributed by atoms with E-state index in [1.807, 2.05) is 62.4 Å². The van der Waals surface area contributed by atoms with Gasteiger partial charge in [0.2, 0.25) is 23.6 Å². The lowest BCUT2D eigenvalue weighted by molar-refractivity contribution is -0.131. The number of methoxy groups -OCH3 is 1. The van der Waals surface area contributed by atoms with Crippen LogP contribution in [-0.4, -0.2) is 71.9 Å². The fourth-order valence-electron chi connectivity index (χ4n) is 10.6. The van der Waals surface area contributed by atoms with Crippen LogP contribution in [0.15, 0.2) is 76.8 Å². The number of imide groups is 2. The number of rotatable bonds is 6. The Balaban J connectivity index is 1.05. The molecule has 3 aromatic carbocycles. The third kappa shape index (κ3) is 5.66. The molecular weight excluding hydrogens is 870 g/mol. The van der Waals surface area contributed by atoms with Gasteiger partial charge in [-0.3, -0.25) is 28.8 Å². The molecule has 6 atom stereocenters. The zero-order valence-electron chi connectivity index (χ0n) is 33.3. The van der Waals surface area contributed by atoms with Crippen LogP contribution in [0.1, 0.15) is 36.8 Å². The summed E-state index contributed by atoms with van der Waals surface area (Å²) >= 11 is 11.4. The molecule has 1 saturated carbocycles. The monoisotopic (exact) mass is 909 g/mol. The molecule has 1 N–H and O–H groups in total. The van der Waals surface area contributed by atoms with Crippen molar-refractivity contribution < 1.29 is 33.8 Å². The van der Waals surface area contributed by atoms with Crippen molar-refractivity contribution in [3.8, 4) is 22.1 Å². The van der Waals surface area contributed by atoms with Crippen LogP contribution >= 0.6 is 38.9 Å². The first-order valence-electron chi connectivity index (χ1n) is 20.0. The van der Waals surface area contributed by atoms with Gasteiger partial charge in [0.25, 0.3) is 0 Å². The van der Waals surface area contributed by atoms with Gasteiger partial charge in [-0.05, 0) is 120 Å². The molecular formula is C45H41BrClN5O7S. The van der Waals surface area contributed by atoms with E-state index in [2.05, 4.69) is 20.8 Å². The van der Waals surface area contributed by atoms with Crippen LogP contribution in [0, 0.1) is 36.0 Å². The second-order valence-corrected chi connectivity index (χ2v) is 18.9. The highest BCUT2D eigenvalue weighted by molar-refractivity contribution is 9.10. The summed E-state index contributed by atoms with van der Waals surface area (Å²) in [6.07, 6.45) is 2.51. The number of allylic oxidation sites excluding steroid dienone is 2. The van der Waals surface area contributed by atoms with Crippen molar-refractivity contribution in [3.05, 3.63) is 92.9 Å². The lowest BCUT2D eigenvalue weighted by atomic mass is 9.51. The van der Waals surface area contributed by atoms with E-state index >= 15 is 9.59 Å². The number of ether oxygens (including phenoxy) is 2. The molecule has 0 radical (unpaired) electrons. The Hall–Kier alpha value is -5.02. The van der Waals surface area contributed by atoms with Gasteiger partial charge < -0.3 is 19.5 Å². The van der Waals surface area contributed by atoms with Crippen LogP contribution in [0.3, 0.4) is 0 Å². The highest BCUT2D eigenvalue weighted by atomic mass is 79.9. The molecule has 5 heterocycles. The lowest BCUT2D eigenvalue weighted by Crippen LogP contribution is -2.49. The maximum absolute atomic E-state index is 15.3. The molecule has 0 bridgehead atoms. The molecule has 4 fully saturated rings. The van der Waals surface area contributed by atoms with Crippen molar-refractivity contribution in [1.82, 2.24) is 9.78 Å². The minimum atomic E-state index is -1.32. The quantitative estimate of drug-likeness (QED) is 0.133. The van der Waals surface area contributed by atoms with E-state index in [0.717, 1.165) is 44.9 Å². The Labute approximate surface area is 363 Å². The zero-order chi connectivity index (χ0) is 41.9. The number of hydrogen-bond acceptors (Lipinski definition) is 10. The average molecular weight is 911 g/mol. The molecule has 5 aromatic rings. The Bertz CT molecular complexity index is 2710. The average Bonchev–Trinajstić information content (AvgIpc) is 3.92. The molecule has 3 aliphatic heterocycles. The summed E-state index contributed by atoms with van der Waals surface area (Å²) in [7, 11) is 3.17. The number of phenols is 1. The molecule has 0 spiro atoms. The number of anilines is 3. The number of amides is 4. The number of hydrogen-bond donors (Lipinski definition) is 1. The number of thiophene rings is 1. The summed E-state index contributed by atoms with van der Waals surface area (Å²) in [6.45, 7) is 6.63. The number of carbonyl (C=O) groups excluding carboxylic acids is 4. The molecule has 60 heavy (non-hydrogen) atoms. The number of aromatic hydroxyl groups is 1. The van der Waals surface area contributed by atoms with E-state index in [1.54, 1.807) is 41.3 Å². The van der Waals surface area contributed by atoms with Gasteiger partial charge in [0.15, 0.2) is 11.5 Å². The summed E-state index contributed by atoms with van der Waals surface area (Å²) in [5, 5.41) is 17.4. The Kier molecular flexibility index (Phi) is 9.32. The predicted octanol–water partition coefficient (Wildman–Crippen LogP) is 8.01. The molecule has 308 valence electrons. The second kappa shape index (κ2) is 14.3. The highest BCUT2D eigenvalue weighted by Gasteiger charge is 2.68. The van der Waals surface area contributed by atoms with Gasteiger partial charge in [-0.2, -0.15) is 5.10 Å². The van der Waals surface area contributed by atoms with Crippen molar-refractivity contribution >= 4 is 89.8 Å². The van der Waals surface area contributed by atoms with Crippen molar-refractivity contribution in [1.29, 1.82) is 0 Å². The molecule has 4 amide bonds. The standard InChI is InChI=1S/C45H41BrClN5O7S/c1-22-29-19-24(47)5-12-35(29)60-40(22)33-21-36(49(3)48-33)52-42(55)31-20-30-27(38(45(31,2)44(52)57)23-17-32(46)39(53)34(18-23)58-4)10-11-28-37(30)43(56)51(41(28)54)26-8-6-25(7-9-26)50-13-15-59-16-14-50/h5-10,12,17-19,21,28,30-31,37-38,53H,11,13-16,20H2,1-4H3/t28-,30+,31-,37-,38-,45+/m0/s1. The van der Waals surface area contributed by atoms with Crippen LogP contribution in [0.5, 0.6) is 11.5 Å². The zero-order valence-corrected chi connectivity index (χ0v) is 36.4. The minimum Gasteiger partial charge on any atom is -0.503 e. The topological polar surface area (TPSA) is 135 Å². The summed E-state index contributed by atoms with van der Waals surface area (Å²) in [4.78, 5) is 65.1. The van der Waals surface area contributed by atoms with Gasteiger partial charge in [0.1, 0.15) is 11.5 Å². The van der Waals surface area contributed by atoms with Crippen LogP contribution in [-0.2, 0) is 31.0 Å². The number of aromatic nitrogens is 2. The van der Waals surface area contributed by atoms with Gasteiger partial charge in [-0.25, -0.2) is 4.90 Å². The molecule has 10 rings (SSSR count). The number of halogens is 2. The van der Waals surface area contributed by atoms with Gasteiger partial charge in [0, 0.05) is 47.5 Å². The number of morpholine rings is 1. The van der Waals surface area contributed by atoms with Crippen molar-refractivity contribution in [3.63, 3.8) is 0 Å². The Morgan fingerprint density at radius 2 is 1.68 bits per heavy atom. The smallest absolute Gasteiger partial charge is 0.242 e. The number of fused-ring (bicyclic) bond motifs is 5. The summed E-state index contributed by atoms with van der Waals surface area (Å²) in [6, 6.07) is 18.5. The second-order valence-electron chi connectivity index (χ2n) is 16.6. The number of aryl methyl sites for hydroxylation is 2. The minimum absolute atomic E-state index is 0.100. The van der Waals surface area contributed by atoms with E-state index < -0.39 is 40.9 Å². The molecule has 0 unspecified atom stereocenters. The SMILES string of the molecule is COc1cc([C@H]2C3=CC[C@@H]4C(=O)N(c5ccc(N6CCOCC6)cc5)C(=O)[C@@H]4[C@@H]3C[C@H]3C(=O)N(c4cc(-c5sc6ccc(Cl)cc6c5C)nn4C)C(=O)[C@@]23C)cc(Br)c1O. The van der Waals surface area contributed by atoms with E-state index in [4.69, 9.17) is 26.2 Å². The van der Waals surface area contributed by atoms with Crippen LogP contribution in [0.25, 0.3) is 20.7 Å². The fourth-order valence-corrected chi connectivity index (χ4v) is 12.4. The van der Waals surface area contributed by atoms with Gasteiger partial charge in [-0.1, -0.05) is 23.3 Å².